The van der Waals surface area contributed by atoms with Crippen molar-refractivity contribution >= 4 is 22.2 Å². The molecule has 3 nitrogen and oxygen atoms in total. The topological polar surface area (TPSA) is 57.5 Å². The van der Waals surface area contributed by atoms with Gasteiger partial charge in [0, 0.05) is 10.0 Å². The number of carbonyl (C=O) groups is 1. The number of aliphatic hydroxyl groups excluding tert-OH is 2. The van der Waals surface area contributed by atoms with E-state index < -0.39 is 0 Å². The van der Waals surface area contributed by atoms with Gasteiger partial charge in [0.2, 0.25) is 0 Å². The smallest absolute Gasteiger partial charge is 0.150 e. The number of carbonyl (C=O) groups excluding carboxylic acids is 1. The fraction of sp³-hybridized carbons (Fsp3) is 0.300. The molecule has 0 fully saturated rings. The maximum Gasteiger partial charge on any atom is 0.150 e. The van der Waals surface area contributed by atoms with Crippen molar-refractivity contribution in [2.75, 3.05) is 13.2 Å². The molecule has 0 saturated carbocycles. The second-order valence-corrected chi connectivity index (χ2v) is 3.54. The van der Waals surface area contributed by atoms with Gasteiger partial charge in [-0.2, -0.15) is 0 Å². The zero-order chi connectivity index (χ0) is 11.0. The fourth-order valence-corrected chi connectivity index (χ4v) is 1.46. The molecule has 2 N–H and O–H groups in total. The third-order valence-electron chi connectivity index (χ3n) is 1.30. The molecule has 0 radical (unpaired) electrons. The second kappa shape index (κ2) is 7.67. The summed E-state index contributed by atoms with van der Waals surface area (Å²) < 4.78 is 0.953. The minimum absolute atomic E-state index is 0.125. The van der Waals surface area contributed by atoms with Gasteiger partial charge in [-0.3, -0.25) is 4.79 Å². The van der Waals surface area contributed by atoms with E-state index in [-0.39, 0.29) is 13.2 Å². The molecule has 0 heterocycles. The highest BCUT2D eigenvalue weighted by molar-refractivity contribution is 9.10. The lowest BCUT2D eigenvalue weighted by molar-refractivity contribution is 0.112. The number of rotatable bonds is 2. The highest BCUT2D eigenvalue weighted by Crippen LogP contribution is 2.13. The summed E-state index contributed by atoms with van der Waals surface area (Å²) >= 11 is 3.29. The van der Waals surface area contributed by atoms with E-state index in [1.165, 1.54) is 0 Å². The van der Waals surface area contributed by atoms with Crippen molar-refractivity contribution in [1.29, 1.82) is 0 Å². The molecule has 0 spiro atoms. The molecule has 0 saturated heterocycles. The second-order valence-electron chi connectivity index (χ2n) is 2.63. The van der Waals surface area contributed by atoms with Crippen LogP contribution in [0.3, 0.4) is 0 Å². The van der Waals surface area contributed by atoms with Crippen LogP contribution in [0.5, 0.6) is 0 Å². The molecule has 0 unspecified atom stereocenters. The molecule has 0 amide bonds. The van der Waals surface area contributed by atoms with Crippen molar-refractivity contribution in [1.82, 2.24) is 0 Å². The van der Waals surface area contributed by atoms with E-state index in [0.29, 0.717) is 5.56 Å². The van der Waals surface area contributed by atoms with Crippen molar-refractivity contribution in [2.45, 2.75) is 6.92 Å². The van der Waals surface area contributed by atoms with Crippen LogP contribution in [-0.2, 0) is 0 Å². The van der Waals surface area contributed by atoms with E-state index in [9.17, 15) is 4.79 Å². The largest absolute Gasteiger partial charge is 0.394 e. The van der Waals surface area contributed by atoms with E-state index in [2.05, 4.69) is 15.9 Å². The summed E-state index contributed by atoms with van der Waals surface area (Å²) in [7, 11) is 0. The molecule has 1 rings (SSSR count). The molecule has 0 aromatic heterocycles. The molecular formula is C10H13BrO3. The first-order chi connectivity index (χ1) is 6.63. The van der Waals surface area contributed by atoms with Gasteiger partial charge < -0.3 is 10.2 Å². The van der Waals surface area contributed by atoms with Crippen molar-refractivity contribution < 1.29 is 15.0 Å². The number of benzene rings is 1. The van der Waals surface area contributed by atoms with Crippen LogP contribution in [0, 0.1) is 6.92 Å². The highest BCUT2D eigenvalue weighted by atomic mass is 79.9. The molecule has 78 valence electrons. The van der Waals surface area contributed by atoms with Crippen LogP contribution in [0.2, 0.25) is 0 Å². The van der Waals surface area contributed by atoms with E-state index in [0.717, 1.165) is 16.3 Å². The Morgan fingerprint density at radius 2 is 1.86 bits per heavy atom. The SMILES string of the molecule is Cc1cc(Br)cc(C=O)c1.OCCO. The Bertz CT molecular complexity index is 264. The van der Waals surface area contributed by atoms with Gasteiger partial charge in [-0.25, -0.2) is 0 Å². The molecule has 0 bridgehead atoms. The van der Waals surface area contributed by atoms with Crippen molar-refractivity contribution in [3.8, 4) is 0 Å². The predicted molar refractivity (Wildman–Crippen MR) is 58.4 cm³/mol. The molecule has 4 heteroatoms. The van der Waals surface area contributed by atoms with Gasteiger partial charge >= 0.3 is 0 Å². The third kappa shape index (κ3) is 5.85. The Hall–Kier alpha value is -0.710. The van der Waals surface area contributed by atoms with Crippen LogP contribution in [0.1, 0.15) is 15.9 Å². The third-order valence-corrected chi connectivity index (χ3v) is 1.76. The first-order valence-electron chi connectivity index (χ1n) is 4.08. The average molecular weight is 261 g/mol. The van der Waals surface area contributed by atoms with Gasteiger partial charge in [0.05, 0.1) is 13.2 Å². The van der Waals surface area contributed by atoms with Crippen LogP contribution in [0.15, 0.2) is 22.7 Å². The lowest BCUT2D eigenvalue weighted by atomic mass is 10.2. The van der Waals surface area contributed by atoms with E-state index in [4.69, 9.17) is 10.2 Å². The molecule has 0 aliphatic carbocycles. The summed E-state index contributed by atoms with van der Waals surface area (Å²) in [5.74, 6) is 0. The van der Waals surface area contributed by atoms with E-state index >= 15 is 0 Å². The number of aldehydes is 1. The quantitative estimate of drug-likeness (QED) is 0.794. The Balaban J connectivity index is 0.000000364. The van der Waals surface area contributed by atoms with Crippen molar-refractivity contribution in [3.05, 3.63) is 33.8 Å². The Kier molecular flexibility index (Phi) is 7.28. The minimum atomic E-state index is -0.125. The number of aliphatic hydroxyl groups is 2. The molecule has 0 aliphatic heterocycles. The van der Waals surface area contributed by atoms with Gasteiger partial charge in [-0.1, -0.05) is 15.9 Å². The molecule has 1 aromatic carbocycles. The normalized spacial score (nSPS) is 8.86. The fourth-order valence-electron chi connectivity index (χ4n) is 0.833. The van der Waals surface area contributed by atoms with Crippen molar-refractivity contribution in [3.63, 3.8) is 0 Å². The van der Waals surface area contributed by atoms with Crippen molar-refractivity contribution in [2.24, 2.45) is 0 Å². The maximum absolute atomic E-state index is 10.3. The number of hydrogen-bond donors (Lipinski definition) is 2. The molecule has 0 atom stereocenters. The summed E-state index contributed by atoms with van der Waals surface area (Å²) in [6, 6.07) is 5.60. The maximum atomic E-state index is 10.3. The lowest BCUT2D eigenvalue weighted by Crippen LogP contribution is -1.85. The summed E-state index contributed by atoms with van der Waals surface area (Å²) in [6.07, 6.45) is 0.845. The lowest BCUT2D eigenvalue weighted by Gasteiger charge is -1.94. The zero-order valence-corrected chi connectivity index (χ0v) is 9.49. The van der Waals surface area contributed by atoms with E-state index in [1.54, 1.807) is 6.07 Å². The first-order valence-corrected chi connectivity index (χ1v) is 4.87. The van der Waals surface area contributed by atoms with Gasteiger partial charge in [0.25, 0.3) is 0 Å². The van der Waals surface area contributed by atoms with Crippen LogP contribution in [0.25, 0.3) is 0 Å². The monoisotopic (exact) mass is 260 g/mol. The minimum Gasteiger partial charge on any atom is -0.394 e. The van der Waals surface area contributed by atoms with Crippen LogP contribution in [0.4, 0.5) is 0 Å². The molecule has 14 heavy (non-hydrogen) atoms. The number of aryl methyl sites for hydroxylation is 1. The molecule has 0 aliphatic rings. The first kappa shape index (κ1) is 13.3. The van der Waals surface area contributed by atoms with Gasteiger partial charge in [-0.15, -0.1) is 0 Å². The standard InChI is InChI=1S/C8H7BrO.C2H6O2/c1-6-2-7(5-10)4-8(9)3-6;3-1-2-4/h2-5H,1H3;3-4H,1-2H2. The van der Waals surface area contributed by atoms with Gasteiger partial charge in [0.15, 0.2) is 0 Å². The number of hydrogen-bond acceptors (Lipinski definition) is 3. The summed E-state index contributed by atoms with van der Waals surface area (Å²) in [5, 5.41) is 15.2. The molecular weight excluding hydrogens is 248 g/mol. The average Bonchev–Trinajstić information content (AvgIpc) is 2.17. The van der Waals surface area contributed by atoms with Crippen LogP contribution >= 0.6 is 15.9 Å². The Morgan fingerprint density at radius 1 is 1.29 bits per heavy atom. The van der Waals surface area contributed by atoms with Crippen LogP contribution < -0.4 is 0 Å². The summed E-state index contributed by atoms with van der Waals surface area (Å²) in [4.78, 5) is 10.3. The Labute approximate surface area is 91.5 Å². The van der Waals surface area contributed by atoms with Gasteiger partial charge in [-0.05, 0) is 30.7 Å². The summed E-state index contributed by atoms with van der Waals surface area (Å²) in [6.45, 7) is 1.71. The summed E-state index contributed by atoms with van der Waals surface area (Å²) in [5.41, 5.74) is 1.81. The Morgan fingerprint density at radius 3 is 2.21 bits per heavy atom. The zero-order valence-electron chi connectivity index (χ0n) is 7.90. The van der Waals surface area contributed by atoms with Gasteiger partial charge in [0.1, 0.15) is 6.29 Å². The van der Waals surface area contributed by atoms with E-state index in [1.807, 2.05) is 19.1 Å². The predicted octanol–water partition coefficient (Wildman–Crippen LogP) is 1.54. The molecule has 1 aromatic rings. The van der Waals surface area contributed by atoms with Crippen LogP contribution in [-0.4, -0.2) is 29.7 Å². The highest BCUT2D eigenvalue weighted by Gasteiger charge is 1.92. The number of halogens is 1.